The first kappa shape index (κ1) is 16.8. The van der Waals surface area contributed by atoms with Gasteiger partial charge in [0.2, 0.25) is 0 Å². The van der Waals surface area contributed by atoms with Gasteiger partial charge in [-0.3, -0.25) is 9.79 Å². The molecule has 0 unspecified atom stereocenters. The molecule has 5 heteroatoms. The predicted molar refractivity (Wildman–Crippen MR) is 111 cm³/mol. The molecule has 1 heterocycles. The Bertz CT molecular complexity index is 1250. The van der Waals surface area contributed by atoms with E-state index in [2.05, 4.69) is 4.99 Å². The van der Waals surface area contributed by atoms with Crippen molar-refractivity contribution < 1.29 is 5.11 Å². The number of aryl methyl sites for hydroxylation is 1. The molecule has 134 valence electrons. The second kappa shape index (κ2) is 6.61. The summed E-state index contributed by atoms with van der Waals surface area (Å²) in [5, 5.41) is 13.1. The highest BCUT2D eigenvalue weighted by Gasteiger charge is 2.14. The minimum atomic E-state index is -0.273. The molecule has 0 aliphatic heterocycles. The van der Waals surface area contributed by atoms with Gasteiger partial charge in [0.15, 0.2) is 0 Å². The molecule has 0 atom stereocenters. The summed E-state index contributed by atoms with van der Waals surface area (Å²) < 4.78 is 1.63. The van der Waals surface area contributed by atoms with Gasteiger partial charge < -0.3 is 15.4 Å². The van der Waals surface area contributed by atoms with Crippen LogP contribution in [-0.2, 0) is 6.54 Å². The molecule has 1 aromatic heterocycles. The van der Waals surface area contributed by atoms with Gasteiger partial charge in [-0.05, 0) is 36.6 Å². The maximum atomic E-state index is 12.9. The number of aromatic nitrogens is 1. The number of benzene rings is 3. The highest BCUT2D eigenvalue weighted by atomic mass is 16.3. The molecule has 5 nitrogen and oxygen atoms in total. The molecule has 3 aromatic carbocycles. The summed E-state index contributed by atoms with van der Waals surface area (Å²) in [4.78, 5) is 17.4. The molecule has 27 heavy (non-hydrogen) atoms. The zero-order valence-corrected chi connectivity index (χ0v) is 14.9. The number of hydrogen-bond donors (Lipinski definition) is 2. The lowest BCUT2D eigenvalue weighted by atomic mass is 10.1. The predicted octanol–water partition coefficient (Wildman–Crippen LogP) is 4.21. The number of anilines is 1. The van der Waals surface area contributed by atoms with E-state index in [9.17, 15) is 9.90 Å². The van der Waals surface area contributed by atoms with Crippen LogP contribution < -0.4 is 11.3 Å². The lowest BCUT2D eigenvalue weighted by Gasteiger charge is -2.11. The molecule has 4 rings (SSSR count). The average molecular weight is 357 g/mol. The molecular weight excluding hydrogens is 338 g/mol. The smallest absolute Gasteiger partial charge is 0.263 e. The Morgan fingerprint density at radius 2 is 1.81 bits per heavy atom. The molecule has 3 N–H and O–H groups in total. The van der Waals surface area contributed by atoms with Crippen LogP contribution in [0.5, 0.6) is 5.75 Å². The van der Waals surface area contributed by atoms with E-state index in [1.807, 2.05) is 61.5 Å². The molecule has 0 aliphatic rings. The van der Waals surface area contributed by atoms with E-state index in [0.717, 1.165) is 10.8 Å². The number of nitrogens with zero attached hydrogens (tertiary/aromatic N) is 2. The summed E-state index contributed by atoms with van der Waals surface area (Å²) in [5.41, 5.74) is 7.99. The highest BCUT2D eigenvalue weighted by Crippen LogP contribution is 2.31. The van der Waals surface area contributed by atoms with Crippen LogP contribution in [0.1, 0.15) is 12.5 Å². The van der Waals surface area contributed by atoms with Crippen LogP contribution in [0.4, 0.5) is 11.4 Å². The second-order valence-electron chi connectivity index (χ2n) is 6.31. The van der Waals surface area contributed by atoms with E-state index in [4.69, 9.17) is 5.73 Å². The van der Waals surface area contributed by atoms with Crippen molar-refractivity contribution in [2.45, 2.75) is 13.5 Å². The van der Waals surface area contributed by atoms with Crippen LogP contribution in [0.3, 0.4) is 0 Å². The third-order valence-electron chi connectivity index (χ3n) is 4.74. The highest BCUT2D eigenvalue weighted by molar-refractivity contribution is 6.03. The monoisotopic (exact) mass is 357 g/mol. The second-order valence-corrected chi connectivity index (χ2v) is 6.31. The van der Waals surface area contributed by atoms with Gasteiger partial charge in [-0.25, -0.2) is 0 Å². The molecule has 4 aromatic rings. The Labute approximate surface area is 156 Å². The van der Waals surface area contributed by atoms with Crippen LogP contribution in [0.25, 0.3) is 21.7 Å². The van der Waals surface area contributed by atoms with Gasteiger partial charge in [0.1, 0.15) is 11.3 Å². The van der Waals surface area contributed by atoms with Crippen molar-refractivity contribution >= 4 is 39.3 Å². The Morgan fingerprint density at radius 3 is 2.59 bits per heavy atom. The standard InChI is InChI=1S/C22H19N3O2/c1-2-25-19-12-4-3-9-15(19)21(26)16(22(25)27)13-24-18-11-6-8-14-7-5-10-17(23)20(14)18/h3-13,26H,2,23H2,1H3. The number of nitrogens with two attached hydrogens (primary N) is 1. The first-order valence-electron chi connectivity index (χ1n) is 8.77. The third-order valence-corrected chi connectivity index (χ3v) is 4.74. The molecule has 0 amide bonds. The summed E-state index contributed by atoms with van der Waals surface area (Å²) in [6.45, 7) is 2.40. The molecule has 0 bridgehead atoms. The number of pyridine rings is 1. The van der Waals surface area contributed by atoms with E-state index >= 15 is 0 Å². The maximum absolute atomic E-state index is 12.9. The van der Waals surface area contributed by atoms with Crippen LogP contribution in [0.15, 0.2) is 70.5 Å². The summed E-state index contributed by atoms with van der Waals surface area (Å²) in [6.07, 6.45) is 1.43. The fourth-order valence-electron chi connectivity index (χ4n) is 3.43. The molecule has 0 saturated heterocycles. The first-order valence-corrected chi connectivity index (χ1v) is 8.77. The summed E-state index contributed by atoms with van der Waals surface area (Å²) in [5.74, 6) is -0.0581. The van der Waals surface area contributed by atoms with Crippen LogP contribution >= 0.6 is 0 Å². The summed E-state index contributed by atoms with van der Waals surface area (Å²) >= 11 is 0. The minimum absolute atomic E-state index is 0.0581. The topological polar surface area (TPSA) is 80.6 Å². The quantitative estimate of drug-likeness (QED) is 0.426. The van der Waals surface area contributed by atoms with Gasteiger partial charge in [0, 0.05) is 29.2 Å². The molecular formula is C22H19N3O2. The summed E-state index contributed by atoms with van der Waals surface area (Å²) in [7, 11) is 0. The molecule has 0 spiro atoms. The van der Waals surface area contributed by atoms with Gasteiger partial charge in [0.05, 0.1) is 11.2 Å². The van der Waals surface area contributed by atoms with E-state index in [1.165, 1.54) is 6.21 Å². The van der Waals surface area contributed by atoms with Gasteiger partial charge in [-0.1, -0.05) is 36.4 Å². The largest absolute Gasteiger partial charge is 0.506 e. The van der Waals surface area contributed by atoms with Crippen molar-refractivity contribution in [1.29, 1.82) is 0 Å². The van der Waals surface area contributed by atoms with E-state index in [-0.39, 0.29) is 16.9 Å². The number of fused-ring (bicyclic) bond motifs is 2. The van der Waals surface area contributed by atoms with Crippen molar-refractivity contribution in [2.24, 2.45) is 4.99 Å². The number of nitrogen functional groups attached to an aromatic ring is 1. The number of rotatable bonds is 3. The Balaban J connectivity index is 1.94. The fourth-order valence-corrected chi connectivity index (χ4v) is 3.43. The average Bonchev–Trinajstić information content (AvgIpc) is 2.68. The Morgan fingerprint density at radius 1 is 1.07 bits per heavy atom. The van der Waals surface area contributed by atoms with Crippen LogP contribution in [0, 0.1) is 0 Å². The zero-order chi connectivity index (χ0) is 19.0. The van der Waals surface area contributed by atoms with Crippen molar-refractivity contribution in [2.75, 3.05) is 5.73 Å². The van der Waals surface area contributed by atoms with Crippen molar-refractivity contribution in [1.82, 2.24) is 4.57 Å². The van der Waals surface area contributed by atoms with Crippen molar-refractivity contribution in [3.05, 3.63) is 76.6 Å². The number of aliphatic imine (C=N–C) groups is 1. The summed E-state index contributed by atoms with van der Waals surface area (Å²) in [6, 6.07) is 18.7. The molecule has 0 aliphatic carbocycles. The van der Waals surface area contributed by atoms with Gasteiger partial charge in [-0.15, -0.1) is 0 Å². The van der Waals surface area contributed by atoms with Crippen molar-refractivity contribution in [3.63, 3.8) is 0 Å². The number of aromatic hydroxyl groups is 1. The third kappa shape index (κ3) is 2.73. The minimum Gasteiger partial charge on any atom is -0.506 e. The fraction of sp³-hybridized carbons (Fsp3) is 0.0909. The van der Waals surface area contributed by atoms with E-state index in [1.54, 1.807) is 10.6 Å². The van der Waals surface area contributed by atoms with Crippen molar-refractivity contribution in [3.8, 4) is 5.75 Å². The van der Waals surface area contributed by atoms with Crippen LogP contribution in [0.2, 0.25) is 0 Å². The number of hydrogen-bond acceptors (Lipinski definition) is 4. The van der Waals surface area contributed by atoms with Gasteiger partial charge in [0.25, 0.3) is 5.56 Å². The molecule has 0 fully saturated rings. The van der Waals surface area contributed by atoms with E-state index in [0.29, 0.717) is 28.8 Å². The van der Waals surface area contributed by atoms with Crippen LogP contribution in [-0.4, -0.2) is 15.9 Å². The Kier molecular flexibility index (Phi) is 4.12. The molecule has 0 radical (unpaired) electrons. The lowest BCUT2D eigenvalue weighted by molar-refractivity contribution is 0.478. The van der Waals surface area contributed by atoms with Gasteiger partial charge >= 0.3 is 0 Å². The zero-order valence-electron chi connectivity index (χ0n) is 14.9. The molecule has 0 saturated carbocycles. The van der Waals surface area contributed by atoms with Gasteiger partial charge in [-0.2, -0.15) is 0 Å². The maximum Gasteiger partial charge on any atom is 0.263 e. The first-order chi connectivity index (χ1) is 13.1. The lowest BCUT2D eigenvalue weighted by Crippen LogP contribution is -2.23. The Hall–Kier alpha value is -3.60. The SMILES string of the molecule is CCn1c(=O)c(C=Nc2cccc3cccc(N)c23)c(O)c2ccccc21. The normalized spacial score (nSPS) is 11.6. The number of para-hydroxylation sites is 1. The van der Waals surface area contributed by atoms with E-state index < -0.39 is 0 Å².